The van der Waals surface area contributed by atoms with E-state index in [4.69, 9.17) is 4.74 Å². The van der Waals surface area contributed by atoms with Crippen LogP contribution >= 0.6 is 0 Å². The van der Waals surface area contributed by atoms with Gasteiger partial charge in [0.25, 0.3) is 5.91 Å². The fourth-order valence-electron chi connectivity index (χ4n) is 2.66. The summed E-state index contributed by atoms with van der Waals surface area (Å²) in [6, 6.07) is 13.7. The summed E-state index contributed by atoms with van der Waals surface area (Å²) in [7, 11) is 1.68. The van der Waals surface area contributed by atoms with Gasteiger partial charge in [0.15, 0.2) is 0 Å². The van der Waals surface area contributed by atoms with Gasteiger partial charge in [0, 0.05) is 18.2 Å². The van der Waals surface area contributed by atoms with Gasteiger partial charge >= 0.3 is 0 Å². The number of rotatable bonds is 3. The van der Waals surface area contributed by atoms with Crippen molar-refractivity contribution < 1.29 is 13.9 Å². The van der Waals surface area contributed by atoms with Crippen LogP contribution < -0.4 is 4.74 Å². The quantitative estimate of drug-likeness (QED) is 0.862. The molecule has 3 nitrogen and oxygen atoms in total. The molecule has 1 atom stereocenters. The van der Waals surface area contributed by atoms with E-state index in [0.717, 1.165) is 11.3 Å². The highest BCUT2D eigenvalue weighted by Crippen LogP contribution is 2.28. The van der Waals surface area contributed by atoms with Crippen molar-refractivity contribution in [3.05, 3.63) is 71.0 Å². The maximum absolute atomic E-state index is 13.9. The minimum absolute atomic E-state index is 0.157. The summed E-state index contributed by atoms with van der Waals surface area (Å²) >= 11 is 0. The number of benzene rings is 2. The lowest BCUT2D eigenvalue weighted by Gasteiger charge is -2.28. The average molecular weight is 311 g/mol. The maximum Gasteiger partial charge on any atom is 0.253 e. The molecule has 0 saturated heterocycles. The van der Waals surface area contributed by atoms with Crippen LogP contribution in [0.25, 0.3) is 6.08 Å². The van der Waals surface area contributed by atoms with Crippen molar-refractivity contribution in [1.82, 2.24) is 4.90 Å². The van der Waals surface area contributed by atoms with Gasteiger partial charge in [-0.05, 0) is 25.1 Å². The molecule has 0 aromatic heterocycles. The van der Waals surface area contributed by atoms with E-state index in [1.54, 1.807) is 30.1 Å². The van der Waals surface area contributed by atoms with Crippen LogP contribution in [0, 0.1) is 5.82 Å². The Balaban J connectivity index is 1.83. The maximum atomic E-state index is 13.9. The molecule has 23 heavy (non-hydrogen) atoms. The molecule has 1 aliphatic heterocycles. The zero-order chi connectivity index (χ0) is 16.4. The number of nitrogens with zero attached hydrogens (tertiary/aromatic N) is 1. The van der Waals surface area contributed by atoms with E-state index >= 15 is 0 Å². The fourth-order valence-corrected chi connectivity index (χ4v) is 2.66. The molecule has 0 spiro atoms. The van der Waals surface area contributed by atoms with Crippen molar-refractivity contribution >= 4 is 12.0 Å². The number of para-hydroxylation sites is 1. The first-order chi connectivity index (χ1) is 11.1. The molecule has 0 saturated carbocycles. The van der Waals surface area contributed by atoms with Crippen molar-refractivity contribution in [3.63, 3.8) is 0 Å². The van der Waals surface area contributed by atoms with Gasteiger partial charge in [-0.15, -0.1) is 0 Å². The second kappa shape index (κ2) is 6.24. The highest BCUT2D eigenvalue weighted by molar-refractivity contribution is 5.99. The van der Waals surface area contributed by atoms with Gasteiger partial charge in [-0.3, -0.25) is 4.79 Å². The van der Waals surface area contributed by atoms with Gasteiger partial charge in [-0.2, -0.15) is 0 Å². The zero-order valence-corrected chi connectivity index (χ0v) is 13.1. The van der Waals surface area contributed by atoms with Crippen molar-refractivity contribution in [2.45, 2.75) is 13.0 Å². The van der Waals surface area contributed by atoms with Gasteiger partial charge in [0.2, 0.25) is 0 Å². The van der Waals surface area contributed by atoms with Crippen LogP contribution in [0.3, 0.4) is 0 Å². The molecule has 0 bridgehead atoms. The number of hydrogen-bond acceptors (Lipinski definition) is 2. The summed E-state index contributed by atoms with van der Waals surface area (Å²) in [5, 5.41) is 0. The van der Waals surface area contributed by atoms with Crippen molar-refractivity contribution in [2.24, 2.45) is 0 Å². The van der Waals surface area contributed by atoms with Crippen LogP contribution in [0.2, 0.25) is 0 Å². The van der Waals surface area contributed by atoms with E-state index in [9.17, 15) is 9.18 Å². The van der Waals surface area contributed by atoms with Gasteiger partial charge < -0.3 is 9.64 Å². The fraction of sp³-hybridized carbons (Fsp3) is 0.211. The Morgan fingerprint density at radius 2 is 1.87 bits per heavy atom. The van der Waals surface area contributed by atoms with Crippen molar-refractivity contribution in [3.8, 4) is 5.75 Å². The molecule has 1 unspecified atom stereocenters. The number of hydrogen-bond donors (Lipinski definition) is 0. The Kier molecular flexibility index (Phi) is 4.15. The standard InChI is InChI=1S/C19H18FNO2/c1-13(16-8-4-5-9-17(16)20)21(2)19(22)15-11-14-7-3-6-10-18(14)23-12-15/h3-11,13H,12H2,1-2H3. The number of amides is 1. The van der Waals surface area contributed by atoms with Crippen LogP contribution in [-0.4, -0.2) is 24.5 Å². The van der Waals surface area contributed by atoms with Gasteiger partial charge in [0.05, 0.1) is 11.6 Å². The molecule has 2 aromatic rings. The Bertz CT molecular complexity index is 769. The Morgan fingerprint density at radius 1 is 1.17 bits per heavy atom. The van der Waals surface area contributed by atoms with Crippen LogP contribution in [0.4, 0.5) is 4.39 Å². The number of likely N-dealkylation sites (N-methyl/N-ethyl adjacent to an activating group) is 1. The summed E-state index contributed by atoms with van der Waals surface area (Å²) < 4.78 is 19.6. The first-order valence-corrected chi connectivity index (χ1v) is 7.52. The molecule has 118 valence electrons. The van der Waals surface area contributed by atoms with Crippen molar-refractivity contribution in [1.29, 1.82) is 0 Å². The van der Waals surface area contributed by atoms with E-state index in [1.807, 2.05) is 37.3 Å². The average Bonchev–Trinajstić information content (AvgIpc) is 2.60. The predicted octanol–water partition coefficient (Wildman–Crippen LogP) is 3.82. The third kappa shape index (κ3) is 2.97. The molecular formula is C19H18FNO2. The van der Waals surface area contributed by atoms with Crippen molar-refractivity contribution in [2.75, 3.05) is 13.7 Å². The van der Waals surface area contributed by atoms with Crippen LogP contribution in [0.5, 0.6) is 5.75 Å². The SMILES string of the molecule is CC(c1ccccc1F)N(C)C(=O)C1=Cc2ccccc2OC1. The van der Waals surface area contributed by atoms with Gasteiger partial charge in [-0.1, -0.05) is 36.4 Å². The highest BCUT2D eigenvalue weighted by atomic mass is 19.1. The molecule has 0 N–H and O–H groups in total. The Morgan fingerprint density at radius 3 is 2.65 bits per heavy atom. The Hall–Kier alpha value is -2.62. The van der Waals surface area contributed by atoms with E-state index in [1.165, 1.54) is 6.07 Å². The number of fused-ring (bicyclic) bond motifs is 1. The smallest absolute Gasteiger partial charge is 0.253 e. The minimum atomic E-state index is -0.359. The normalized spacial score (nSPS) is 14.3. The van der Waals surface area contributed by atoms with Gasteiger partial charge in [-0.25, -0.2) is 4.39 Å². The molecule has 0 radical (unpaired) electrons. The van der Waals surface area contributed by atoms with E-state index < -0.39 is 0 Å². The zero-order valence-electron chi connectivity index (χ0n) is 13.1. The second-order valence-electron chi connectivity index (χ2n) is 5.61. The Labute approximate surface area is 135 Å². The molecule has 2 aromatic carbocycles. The molecule has 3 rings (SSSR count). The largest absolute Gasteiger partial charge is 0.488 e. The monoisotopic (exact) mass is 311 g/mol. The van der Waals surface area contributed by atoms with E-state index in [0.29, 0.717) is 11.1 Å². The highest BCUT2D eigenvalue weighted by Gasteiger charge is 2.25. The molecule has 4 heteroatoms. The molecular weight excluding hydrogens is 293 g/mol. The number of carbonyl (C=O) groups excluding carboxylic acids is 1. The first kappa shape index (κ1) is 15.3. The number of ether oxygens (including phenoxy) is 1. The summed E-state index contributed by atoms with van der Waals surface area (Å²) in [5.74, 6) is 0.308. The summed E-state index contributed by atoms with van der Waals surface area (Å²) in [6.45, 7) is 2.04. The predicted molar refractivity (Wildman–Crippen MR) is 87.5 cm³/mol. The van der Waals surface area contributed by atoms with Crippen LogP contribution in [-0.2, 0) is 4.79 Å². The summed E-state index contributed by atoms with van der Waals surface area (Å²) in [5.41, 5.74) is 1.95. The molecule has 0 fully saturated rings. The minimum Gasteiger partial charge on any atom is -0.488 e. The lowest BCUT2D eigenvalue weighted by atomic mass is 10.0. The number of halogens is 1. The lowest BCUT2D eigenvalue weighted by molar-refractivity contribution is -0.128. The molecule has 0 aliphatic carbocycles. The first-order valence-electron chi connectivity index (χ1n) is 7.52. The topological polar surface area (TPSA) is 29.5 Å². The van der Waals surface area contributed by atoms with Crippen LogP contribution in [0.1, 0.15) is 24.1 Å². The molecule has 1 heterocycles. The lowest BCUT2D eigenvalue weighted by Crippen LogP contribution is -2.33. The molecule has 1 amide bonds. The number of carbonyl (C=O) groups is 1. The summed E-state index contributed by atoms with van der Waals surface area (Å²) in [6.07, 6.45) is 1.84. The van der Waals surface area contributed by atoms with Gasteiger partial charge in [0.1, 0.15) is 18.2 Å². The van der Waals surface area contributed by atoms with E-state index in [2.05, 4.69) is 0 Å². The third-order valence-electron chi connectivity index (χ3n) is 4.16. The van der Waals surface area contributed by atoms with E-state index in [-0.39, 0.29) is 24.4 Å². The third-order valence-corrected chi connectivity index (χ3v) is 4.16. The molecule has 1 aliphatic rings. The summed E-state index contributed by atoms with van der Waals surface area (Å²) in [4.78, 5) is 14.2. The second-order valence-corrected chi connectivity index (χ2v) is 5.61. The van der Waals surface area contributed by atoms with Crippen LogP contribution in [0.15, 0.2) is 54.1 Å².